The van der Waals surface area contributed by atoms with Gasteiger partial charge in [0, 0.05) is 32.7 Å². The van der Waals surface area contributed by atoms with Gasteiger partial charge < -0.3 is 0 Å². The Morgan fingerprint density at radius 3 is 2.27 bits per heavy atom. The standard InChI is InChI=1S/C13H22N2/c1-3-6-14-8-5-12-9-15(7-4-2)11-13(12)10-14/h3-4,12-13H,1-2,5-11H2/t12-,13+/m1/s1. The zero-order chi connectivity index (χ0) is 10.7. The predicted molar refractivity (Wildman–Crippen MR) is 64.9 cm³/mol. The summed E-state index contributed by atoms with van der Waals surface area (Å²) in [6, 6.07) is 0. The van der Waals surface area contributed by atoms with Crippen LogP contribution in [0.2, 0.25) is 0 Å². The van der Waals surface area contributed by atoms with Gasteiger partial charge in [-0.15, -0.1) is 13.2 Å². The molecule has 2 aliphatic rings. The third-order valence-corrected chi connectivity index (χ3v) is 3.74. The molecular formula is C13H22N2. The molecule has 2 saturated heterocycles. The molecular weight excluding hydrogens is 184 g/mol. The second kappa shape index (κ2) is 4.95. The van der Waals surface area contributed by atoms with Gasteiger partial charge in [0.05, 0.1) is 0 Å². The molecule has 2 heteroatoms. The molecule has 0 aromatic rings. The average Bonchev–Trinajstić information content (AvgIpc) is 2.60. The Kier molecular flexibility index (Phi) is 3.60. The molecule has 0 aromatic heterocycles. The van der Waals surface area contributed by atoms with Gasteiger partial charge in [-0.3, -0.25) is 9.80 Å². The number of nitrogens with zero attached hydrogens (tertiary/aromatic N) is 2. The van der Waals surface area contributed by atoms with Gasteiger partial charge in [-0.05, 0) is 24.8 Å². The van der Waals surface area contributed by atoms with Gasteiger partial charge in [-0.1, -0.05) is 12.2 Å². The summed E-state index contributed by atoms with van der Waals surface area (Å²) in [5.74, 6) is 1.82. The lowest BCUT2D eigenvalue weighted by molar-refractivity contribution is 0.162. The number of hydrogen-bond acceptors (Lipinski definition) is 2. The second-order valence-electron chi connectivity index (χ2n) is 4.86. The third kappa shape index (κ3) is 2.50. The molecule has 0 aromatic carbocycles. The molecule has 0 saturated carbocycles. The van der Waals surface area contributed by atoms with Crippen LogP contribution in [0, 0.1) is 11.8 Å². The summed E-state index contributed by atoms with van der Waals surface area (Å²) < 4.78 is 0. The third-order valence-electron chi connectivity index (χ3n) is 3.74. The Bertz CT molecular complexity index is 229. The molecule has 0 bridgehead atoms. The maximum atomic E-state index is 3.82. The highest BCUT2D eigenvalue weighted by atomic mass is 15.2. The maximum absolute atomic E-state index is 3.82. The summed E-state index contributed by atoms with van der Waals surface area (Å²) in [5, 5.41) is 0. The summed E-state index contributed by atoms with van der Waals surface area (Å²) >= 11 is 0. The summed E-state index contributed by atoms with van der Waals surface area (Å²) in [4.78, 5) is 5.07. The summed E-state index contributed by atoms with van der Waals surface area (Å²) in [5.41, 5.74) is 0. The number of fused-ring (bicyclic) bond motifs is 1. The Morgan fingerprint density at radius 2 is 1.53 bits per heavy atom. The first kappa shape index (κ1) is 10.9. The molecule has 2 heterocycles. The van der Waals surface area contributed by atoms with Crippen LogP contribution in [-0.4, -0.2) is 49.1 Å². The van der Waals surface area contributed by atoms with Crippen molar-refractivity contribution in [2.45, 2.75) is 6.42 Å². The van der Waals surface area contributed by atoms with E-state index in [1.165, 1.54) is 32.6 Å². The van der Waals surface area contributed by atoms with E-state index in [4.69, 9.17) is 0 Å². The topological polar surface area (TPSA) is 6.48 Å². The number of piperidine rings is 1. The highest BCUT2D eigenvalue weighted by molar-refractivity contribution is 4.92. The van der Waals surface area contributed by atoms with Crippen LogP contribution in [0.15, 0.2) is 25.3 Å². The average molecular weight is 206 g/mol. The first-order valence-corrected chi connectivity index (χ1v) is 6.00. The van der Waals surface area contributed by atoms with Crippen LogP contribution in [0.5, 0.6) is 0 Å². The van der Waals surface area contributed by atoms with E-state index in [2.05, 4.69) is 23.0 Å². The quantitative estimate of drug-likeness (QED) is 0.645. The number of hydrogen-bond donors (Lipinski definition) is 0. The zero-order valence-electron chi connectivity index (χ0n) is 9.57. The first-order valence-electron chi connectivity index (χ1n) is 6.00. The van der Waals surface area contributed by atoms with Crippen molar-refractivity contribution in [3.63, 3.8) is 0 Å². The fourth-order valence-corrected chi connectivity index (χ4v) is 3.02. The normalized spacial score (nSPS) is 32.5. The van der Waals surface area contributed by atoms with Crippen LogP contribution >= 0.6 is 0 Å². The SMILES string of the molecule is C=CCN1CC[C@@H]2CN(CC=C)C[C@@H]2C1. The Labute approximate surface area is 93.2 Å². The largest absolute Gasteiger partial charge is 0.299 e. The molecule has 84 valence electrons. The van der Waals surface area contributed by atoms with Gasteiger partial charge in [0.1, 0.15) is 0 Å². The molecule has 2 rings (SSSR count). The molecule has 2 fully saturated rings. The molecule has 2 aliphatic heterocycles. The molecule has 0 N–H and O–H groups in total. The summed E-state index contributed by atoms with van der Waals surface area (Å²) in [6.07, 6.45) is 5.42. The molecule has 0 aliphatic carbocycles. The molecule has 0 radical (unpaired) electrons. The van der Waals surface area contributed by atoms with E-state index in [0.717, 1.165) is 24.9 Å². The minimum absolute atomic E-state index is 0.888. The zero-order valence-corrected chi connectivity index (χ0v) is 9.57. The van der Waals surface area contributed by atoms with Crippen LogP contribution in [0.1, 0.15) is 6.42 Å². The van der Waals surface area contributed by atoms with Crippen molar-refractivity contribution in [2.75, 3.05) is 39.3 Å². The van der Waals surface area contributed by atoms with Gasteiger partial charge in [0.15, 0.2) is 0 Å². The monoisotopic (exact) mass is 206 g/mol. The Balaban J connectivity index is 1.86. The van der Waals surface area contributed by atoms with Crippen molar-refractivity contribution >= 4 is 0 Å². The fraction of sp³-hybridized carbons (Fsp3) is 0.692. The maximum Gasteiger partial charge on any atom is 0.0160 e. The molecule has 0 unspecified atom stereocenters. The van der Waals surface area contributed by atoms with Crippen molar-refractivity contribution in [1.29, 1.82) is 0 Å². The van der Waals surface area contributed by atoms with Gasteiger partial charge in [0.2, 0.25) is 0 Å². The first-order chi connectivity index (χ1) is 7.33. The van der Waals surface area contributed by atoms with Gasteiger partial charge >= 0.3 is 0 Å². The van der Waals surface area contributed by atoms with E-state index in [1.807, 2.05) is 12.2 Å². The highest BCUT2D eigenvalue weighted by Crippen LogP contribution is 2.30. The van der Waals surface area contributed by atoms with Gasteiger partial charge in [-0.2, -0.15) is 0 Å². The highest BCUT2D eigenvalue weighted by Gasteiger charge is 2.35. The molecule has 2 nitrogen and oxygen atoms in total. The molecule has 15 heavy (non-hydrogen) atoms. The van der Waals surface area contributed by atoms with Crippen LogP contribution in [-0.2, 0) is 0 Å². The molecule has 2 atom stereocenters. The summed E-state index contributed by atoms with van der Waals surface area (Å²) in [7, 11) is 0. The van der Waals surface area contributed by atoms with E-state index >= 15 is 0 Å². The van der Waals surface area contributed by atoms with Crippen molar-refractivity contribution in [3.8, 4) is 0 Å². The van der Waals surface area contributed by atoms with Crippen LogP contribution in [0.3, 0.4) is 0 Å². The van der Waals surface area contributed by atoms with Crippen molar-refractivity contribution in [3.05, 3.63) is 25.3 Å². The lowest BCUT2D eigenvalue weighted by atomic mass is 9.89. The number of rotatable bonds is 4. The van der Waals surface area contributed by atoms with E-state index in [1.54, 1.807) is 0 Å². The number of likely N-dealkylation sites (tertiary alicyclic amines) is 2. The van der Waals surface area contributed by atoms with Crippen molar-refractivity contribution in [2.24, 2.45) is 11.8 Å². The van der Waals surface area contributed by atoms with Crippen LogP contribution in [0.25, 0.3) is 0 Å². The predicted octanol–water partition coefficient (Wildman–Crippen LogP) is 1.61. The lowest BCUT2D eigenvalue weighted by Crippen LogP contribution is -2.39. The van der Waals surface area contributed by atoms with Crippen LogP contribution < -0.4 is 0 Å². The lowest BCUT2D eigenvalue weighted by Gasteiger charge is -2.33. The summed E-state index contributed by atoms with van der Waals surface area (Å²) in [6.45, 7) is 14.8. The van der Waals surface area contributed by atoms with Crippen molar-refractivity contribution < 1.29 is 0 Å². The van der Waals surface area contributed by atoms with Crippen LogP contribution in [0.4, 0.5) is 0 Å². The van der Waals surface area contributed by atoms with E-state index in [9.17, 15) is 0 Å². The Morgan fingerprint density at radius 1 is 0.933 bits per heavy atom. The van der Waals surface area contributed by atoms with E-state index < -0.39 is 0 Å². The smallest absolute Gasteiger partial charge is 0.0160 e. The van der Waals surface area contributed by atoms with Crippen molar-refractivity contribution in [1.82, 2.24) is 9.80 Å². The van der Waals surface area contributed by atoms with Gasteiger partial charge in [0.25, 0.3) is 0 Å². The fourth-order valence-electron chi connectivity index (χ4n) is 3.02. The minimum atomic E-state index is 0.888. The van der Waals surface area contributed by atoms with Gasteiger partial charge in [-0.25, -0.2) is 0 Å². The minimum Gasteiger partial charge on any atom is -0.299 e. The molecule has 0 amide bonds. The second-order valence-corrected chi connectivity index (χ2v) is 4.86. The Hall–Kier alpha value is -0.600. The van der Waals surface area contributed by atoms with E-state index in [-0.39, 0.29) is 0 Å². The van der Waals surface area contributed by atoms with E-state index in [0.29, 0.717) is 0 Å². The molecule has 0 spiro atoms.